The Labute approximate surface area is 122 Å². The van der Waals surface area contributed by atoms with Gasteiger partial charge in [-0.15, -0.1) is 0 Å². The van der Waals surface area contributed by atoms with Crippen LogP contribution in [0.5, 0.6) is 0 Å². The van der Waals surface area contributed by atoms with E-state index in [1.165, 1.54) is 0 Å². The fourth-order valence-electron chi connectivity index (χ4n) is 2.51. The topological polar surface area (TPSA) is 61.8 Å². The second-order valence-corrected chi connectivity index (χ2v) is 6.62. The van der Waals surface area contributed by atoms with Crippen molar-refractivity contribution in [1.29, 1.82) is 0 Å². The number of nitrogens with zero attached hydrogens (tertiary/aromatic N) is 1. The fraction of sp³-hybridized carbons (Fsp3) is 0.933. The molecule has 1 aliphatic heterocycles. The molecule has 20 heavy (non-hydrogen) atoms. The minimum atomic E-state index is -0.448. The number of carbonyl (C=O) groups excluding carboxylic acids is 1. The summed E-state index contributed by atoms with van der Waals surface area (Å²) < 4.78 is 5.46. The highest BCUT2D eigenvalue weighted by Gasteiger charge is 2.31. The predicted molar refractivity (Wildman–Crippen MR) is 79.7 cm³/mol. The van der Waals surface area contributed by atoms with E-state index in [1.807, 2.05) is 25.7 Å². The Balaban J connectivity index is 2.54. The van der Waals surface area contributed by atoms with Gasteiger partial charge in [-0.3, -0.25) is 0 Å². The molecule has 0 radical (unpaired) electrons. The van der Waals surface area contributed by atoms with Crippen LogP contribution in [0.4, 0.5) is 4.79 Å². The minimum absolute atomic E-state index is 0.201. The number of ether oxygens (including phenoxy) is 1. The number of carbonyl (C=O) groups is 1. The average molecular weight is 286 g/mol. The van der Waals surface area contributed by atoms with Gasteiger partial charge in [-0.05, 0) is 46.1 Å². The van der Waals surface area contributed by atoms with Gasteiger partial charge in [-0.25, -0.2) is 4.79 Å². The van der Waals surface area contributed by atoms with Gasteiger partial charge in [0.05, 0.1) is 0 Å². The number of nitrogens with one attached hydrogen (secondary N) is 1. The van der Waals surface area contributed by atoms with Gasteiger partial charge in [-0.1, -0.05) is 13.3 Å². The molecule has 118 valence electrons. The molecule has 1 saturated heterocycles. The molecule has 1 amide bonds. The van der Waals surface area contributed by atoms with E-state index in [0.29, 0.717) is 18.5 Å². The van der Waals surface area contributed by atoms with Crippen LogP contribution in [0.1, 0.15) is 47.0 Å². The summed E-state index contributed by atoms with van der Waals surface area (Å²) in [6.07, 6.45) is 2.68. The molecule has 0 spiro atoms. The number of hydrogen-bond donors (Lipinski definition) is 2. The van der Waals surface area contributed by atoms with Crippen LogP contribution < -0.4 is 5.32 Å². The molecule has 0 aliphatic carbocycles. The van der Waals surface area contributed by atoms with Crippen molar-refractivity contribution in [2.75, 3.05) is 26.2 Å². The number of amides is 1. The normalized spacial score (nSPS) is 23.8. The third-order valence-corrected chi connectivity index (χ3v) is 3.53. The Morgan fingerprint density at radius 1 is 1.40 bits per heavy atom. The summed E-state index contributed by atoms with van der Waals surface area (Å²) in [5, 5.41) is 12.3. The summed E-state index contributed by atoms with van der Waals surface area (Å²) >= 11 is 0. The van der Waals surface area contributed by atoms with E-state index in [0.717, 1.165) is 32.4 Å². The molecule has 2 atom stereocenters. The van der Waals surface area contributed by atoms with Gasteiger partial charge in [0, 0.05) is 25.7 Å². The van der Waals surface area contributed by atoms with Gasteiger partial charge in [0.1, 0.15) is 5.60 Å². The number of hydrogen-bond acceptors (Lipinski definition) is 4. The average Bonchev–Trinajstić information content (AvgIpc) is 2.36. The molecule has 5 nitrogen and oxygen atoms in total. The van der Waals surface area contributed by atoms with E-state index in [-0.39, 0.29) is 12.7 Å². The second kappa shape index (κ2) is 7.84. The lowest BCUT2D eigenvalue weighted by Gasteiger charge is -2.38. The number of aliphatic hydroxyl groups excluding tert-OH is 1. The van der Waals surface area contributed by atoms with Crippen LogP contribution in [0, 0.1) is 5.92 Å². The van der Waals surface area contributed by atoms with Gasteiger partial charge in [-0.2, -0.15) is 0 Å². The van der Waals surface area contributed by atoms with Gasteiger partial charge in [0.2, 0.25) is 0 Å². The maximum absolute atomic E-state index is 12.2. The maximum atomic E-state index is 12.2. The third kappa shape index (κ3) is 6.09. The van der Waals surface area contributed by atoms with Crippen molar-refractivity contribution < 1.29 is 14.6 Å². The van der Waals surface area contributed by atoms with Crippen LogP contribution in [0.15, 0.2) is 0 Å². The maximum Gasteiger partial charge on any atom is 0.410 e. The molecule has 0 aromatic heterocycles. The Hall–Kier alpha value is -0.810. The van der Waals surface area contributed by atoms with E-state index < -0.39 is 5.60 Å². The Morgan fingerprint density at radius 3 is 2.65 bits per heavy atom. The molecule has 0 aromatic rings. The molecule has 0 saturated carbocycles. The van der Waals surface area contributed by atoms with Gasteiger partial charge in [0.25, 0.3) is 0 Å². The molecule has 1 heterocycles. The zero-order valence-corrected chi connectivity index (χ0v) is 13.3. The van der Waals surface area contributed by atoms with Crippen LogP contribution in [0.3, 0.4) is 0 Å². The molecule has 1 rings (SSSR count). The SMILES string of the molecule is CCC1CC(NCCCO)CN(C(=O)OC(C)(C)C)C1. The highest BCUT2D eigenvalue weighted by Crippen LogP contribution is 2.21. The molecular formula is C15H30N2O3. The first kappa shape index (κ1) is 17.2. The molecule has 1 fully saturated rings. The lowest BCUT2D eigenvalue weighted by atomic mass is 9.92. The van der Waals surface area contributed by atoms with E-state index in [4.69, 9.17) is 9.84 Å². The summed E-state index contributed by atoms with van der Waals surface area (Å²) in [4.78, 5) is 14.0. The number of rotatable bonds is 5. The lowest BCUT2D eigenvalue weighted by Crippen LogP contribution is -2.52. The summed E-state index contributed by atoms with van der Waals surface area (Å²) in [5.74, 6) is 0.517. The van der Waals surface area contributed by atoms with Crippen LogP contribution >= 0.6 is 0 Å². The molecule has 0 bridgehead atoms. The Kier molecular flexibility index (Phi) is 6.76. The predicted octanol–water partition coefficient (Wildman–Crippen LogP) is 1.99. The lowest BCUT2D eigenvalue weighted by molar-refractivity contribution is 0.0124. The Morgan fingerprint density at radius 2 is 2.10 bits per heavy atom. The van der Waals surface area contributed by atoms with Crippen molar-refractivity contribution in [1.82, 2.24) is 10.2 Å². The number of piperidine rings is 1. The summed E-state index contributed by atoms with van der Waals surface area (Å²) in [6, 6.07) is 0.299. The molecule has 2 N–H and O–H groups in total. The zero-order chi connectivity index (χ0) is 15.2. The number of aliphatic hydroxyl groups is 1. The van der Waals surface area contributed by atoms with Gasteiger partial charge < -0.3 is 20.1 Å². The van der Waals surface area contributed by atoms with Crippen molar-refractivity contribution in [3.8, 4) is 0 Å². The Bertz CT molecular complexity index is 302. The van der Waals surface area contributed by atoms with Crippen molar-refractivity contribution in [2.24, 2.45) is 5.92 Å². The number of likely N-dealkylation sites (tertiary alicyclic amines) is 1. The second-order valence-electron chi connectivity index (χ2n) is 6.62. The molecule has 1 aliphatic rings. The van der Waals surface area contributed by atoms with E-state index in [1.54, 1.807) is 0 Å². The van der Waals surface area contributed by atoms with Gasteiger partial charge >= 0.3 is 6.09 Å². The van der Waals surface area contributed by atoms with Gasteiger partial charge in [0.15, 0.2) is 0 Å². The van der Waals surface area contributed by atoms with Crippen LogP contribution in [-0.4, -0.2) is 54.0 Å². The third-order valence-electron chi connectivity index (χ3n) is 3.53. The smallest absolute Gasteiger partial charge is 0.410 e. The fourth-order valence-corrected chi connectivity index (χ4v) is 2.51. The van der Waals surface area contributed by atoms with E-state index in [2.05, 4.69) is 12.2 Å². The summed E-state index contributed by atoms with van der Waals surface area (Å²) in [7, 11) is 0. The van der Waals surface area contributed by atoms with Crippen LogP contribution in [0.25, 0.3) is 0 Å². The van der Waals surface area contributed by atoms with Crippen molar-refractivity contribution >= 4 is 6.09 Å². The first-order valence-corrected chi connectivity index (χ1v) is 7.68. The van der Waals surface area contributed by atoms with Crippen molar-refractivity contribution in [2.45, 2.75) is 58.6 Å². The van der Waals surface area contributed by atoms with E-state index >= 15 is 0 Å². The zero-order valence-electron chi connectivity index (χ0n) is 13.3. The largest absolute Gasteiger partial charge is 0.444 e. The summed E-state index contributed by atoms with van der Waals surface area (Å²) in [5.41, 5.74) is -0.448. The quantitative estimate of drug-likeness (QED) is 0.759. The first-order chi connectivity index (χ1) is 9.35. The monoisotopic (exact) mass is 286 g/mol. The standard InChI is InChI=1S/C15H30N2O3/c1-5-12-9-13(16-7-6-8-18)11-17(10-12)14(19)20-15(2,3)4/h12-13,16,18H,5-11H2,1-4H3. The highest BCUT2D eigenvalue weighted by atomic mass is 16.6. The summed E-state index contributed by atoms with van der Waals surface area (Å²) in [6.45, 7) is 10.3. The van der Waals surface area contributed by atoms with Crippen molar-refractivity contribution in [3.63, 3.8) is 0 Å². The van der Waals surface area contributed by atoms with Crippen molar-refractivity contribution in [3.05, 3.63) is 0 Å². The van der Waals surface area contributed by atoms with E-state index in [9.17, 15) is 4.79 Å². The molecule has 2 unspecified atom stereocenters. The molecular weight excluding hydrogens is 256 g/mol. The van der Waals surface area contributed by atoms with Crippen LogP contribution in [-0.2, 0) is 4.74 Å². The molecule has 5 heteroatoms. The highest BCUT2D eigenvalue weighted by molar-refractivity contribution is 5.68. The minimum Gasteiger partial charge on any atom is -0.444 e. The first-order valence-electron chi connectivity index (χ1n) is 7.68. The van der Waals surface area contributed by atoms with Crippen LogP contribution in [0.2, 0.25) is 0 Å². The molecule has 0 aromatic carbocycles.